The number of nitrogens with two attached hydrogens (primary N) is 1. The molecule has 4 heteroatoms. The van der Waals surface area contributed by atoms with Crippen LogP contribution < -0.4 is 10.6 Å². The van der Waals surface area contributed by atoms with Gasteiger partial charge in [-0.15, -0.1) is 0 Å². The van der Waals surface area contributed by atoms with Gasteiger partial charge in [-0.05, 0) is 43.5 Å². The van der Waals surface area contributed by atoms with E-state index in [1.165, 1.54) is 5.56 Å². The predicted octanol–water partition coefficient (Wildman–Crippen LogP) is 2.65. The number of anilines is 2. The zero-order valence-corrected chi connectivity index (χ0v) is 11.4. The van der Waals surface area contributed by atoms with Gasteiger partial charge in [-0.3, -0.25) is 9.78 Å². The van der Waals surface area contributed by atoms with Crippen molar-refractivity contribution in [2.75, 3.05) is 10.6 Å². The van der Waals surface area contributed by atoms with Crippen LogP contribution in [0.1, 0.15) is 29.4 Å². The minimum atomic E-state index is -0.0862. The molecule has 3 rings (SSSR count). The maximum absolute atomic E-state index is 12.7. The minimum absolute atomic E-state index is 0.0862. The molecule has 1 amide bonds. The average Bonchev–Trinajstić information content (AvgIpc) is 2.46. The van der Waals surface area contributed by atoms with Crippen molar-refractivity contribution in [2.45, 2.75) is 25.8 Å². The van der Waals surface area contributed by atoms with Crippen LogP contribution in [0.4, 0.5) is 11.4 Å². The molecule has 4 nitrogen and oxygen atoms in total. The summed E-state index contributed by atoms with van der Waals surface area (Å²) in [4.78, 5) is 18.7. The van der Waals surface area contributed by atoms with E-state index in [1.807, 2.05) is 23.1 Å². The fourth-order valence-corrected chi connectivity index (χ4v) is 2.68. The summed E-state index contributed by atoms with van der Waals surface area (Å²) in [7, 11) is 0. The molecule has 0 aliphatic carbocycles. The number of hydrogen-bond donors (Lipinski definition) is 1. The Morgan fingerprint density at radius 3 is 2.95 bits per heavy atom. The molecule has 0 fully saturated rings. The monoisotopic (exact) mass is 267 g/mol. The summed E-state index contributed by atoms with van der Waals surface area (Å²) < 4.78 is 0. The number of pyridine rings is 1. The Labute approximate surface area is 118 Å². The van der Waals surface area contributed by atoms with E-state index in [0.717, 1.165) is 18.5 Å². The SMILES string of the molecule is CC1CCc2ccccc2N1C(=O)c1cc(N)ccn1. The van der Waals surface area contributed by atoms with Gasteiger partial charge in [0.25, 0.3) is 5.91 Å². The van der Waals surface area contributed by atoms with Crippen molar-refractivity contribution in [3.8, 4) is 0 Å². The van der Waals surface area contributed by atoms with Crippen LogP contribution in [-0.2, 0) is 6.42 Å². The number of aryl methyl sites for hydroxylation is 1. The number of para-hydroxylation sites is 1. The quantitative estimate of drug-likeness (QED) is 0.864. The molecule has 1 aromatic carbocycles. The summed E-state index contributed by atoms with van der Waals surface area (Å²) in [5, 5.41) is 0. The lowest BCUT2D eigenvalue weighted by molar-refractivity contribution is 0.0970. The fraction of sp³-hybridized carbons (Fsp3) is 0.250. The van der Waals surface area contributed by atoms with E-state index in [4.69, 9.17) is 5.73 Å². The number of aromatic nitrogens is 1. The molecule has 0 bridgehead atoms. The summed E-state index contributed by atoms with van der Waals surface area (Å²) in [6, 6.07) is 11.5. The van der Waals surface area contributed by atoms with Crippen LogP contribution in [0.15, 0.2) is 42.6 Å². The molecule has 2 aromatic rings. The second-order valence-electron chi connectivity index (χ2n) is 5.17. The molecule has 1 aliphatic rings. The van der Waals surface area contributed by atoms with Crippen molar-refractivity contribution in [3.05, 3.63) is 53.9 Å². The van der Waals surface area contributed by atoms with Crippen molar-refractivity contribution in [1.29, 1.82) is 0 Å². The van der Waals surface area contributed by atoms with E-state index >= 15 is 0 Å². The number of nitrogen functional groups attached to an aromatic ring is 1. The van der Waals surface area contributed by atoms with Crippen molar-refractivity contribution in [1.82, 2.24) is 4.98 Å². The van der Waals surface area contributed by atoms with Gasteiger partial charge in [-0.2, -0.15) is 0 Å². The Kier molecular flexibility index (Phi) is 3.14. The molecular formula is C16H17N3O. The largest absolute Gasteiger partial charge is 0.399 e. The third kappa shape index (κ3) is 2.13. The zero-order chi connectivity index (χ0) is 14.1. The second kappa shape index (κ2) is 4.96. The van der Waals surface area contributed by atoms with E-state index < -0.39 is 0 Å². The molecule has 2 heterocycles. The number of hydrogen-bond acceptors (Lipinski definition) is 3. The number of carbonyl (C=O) groups excluding carboxylic acids is 1. The molecule has 2 N–H and O–H groups in total. The van der Waals surface area contributed by atoms with Crippen LogP contribution >= 0.6 is 0 Å². The maximum Gasteiger partial charge on any atom is 0.277 e. The average molecular weight is 267 g/mol. The number of benzene rings is 1. The summed E-state index contributed by atoms with van der Waals surface area (Å²) in [6.45, 7) is 2.07. The van der Waals surface area contributed by atoms with E-state index in [2.05, 4.69) is 18.0 Å². The highest BCUT2D eigenvalue weighted by Gasteiger charge is 2.29. The van der Waals surface area contributed by atoms with Gasteiger partial charge in [0, 0.05) is 23.6 Å². The highest BCUT2D eigenvalue weighted by atomic mass is 16.2. The van der Waals surface area contributed by atoms with E-state index in [-0.39, 0.29) is 11.9 Å². The molecule has 0 saturated carbocycles. The first-order valence-corrected chi connectivity index (χ1v) is 6.80. The van der Waals surface area contributed by atoms with Gasteiger partial charge < -0.3 is 10.6 Å². The van der Waals surface area contributed by atoms with Gasteiger partial charge >= 0.3 is 0 Å². The summed E-state index contributed by atoms with van der Waals surface area (Å²) in [5.41, 5.74) is 8.90. The fourth-order valence-electron chi connectivity index (χ4n) is 2.68. The normalized spacial score (nSPS) is 17.6. The Morgan fingerprint density at radius 2 is 2.15 bits per heavy atom. The van der Waals surface area contributed by atoms with Crippen LogP contribution in [0.3, 0.4) is 0 Å². The number of rotatable bonds is 1. The molecule has 1 atom stereocenters. The second-order valence-corrected chi connectivity index (χ2v) is 5.17. The van der Waals surface area contributed by atoms with Crippen molar-refractivity contribution in [2.24, 2.45) is 0 Å². The molecular weight excluding hydrogens is 250 g/mol. The summed E-state index contributed by atoms with van der Waals surface area (Å²) in [6.07, 6.45) is 3.54. The summed E-state index contributed by atoms with van der Waals surface area (Å²) >= 11 is 0. The number of nitrogens with zero attached hydrogens (tertiary/aromatic N) is 2. The van der Waals surface area contributed by atoms with Crippen LogP contribution in [-0.4, -0.2) is 16.9 Å². The minimum Gasteiger partial charge on any atom is -0.399 e. The molecule has 102 valence electrons. The van der Waals surface area contributed by atoms with Gasteiger partial charge in [-0.1, -0.05) is 18.2 Å². The van der Waals surface area contributed by atoms with Crippen molar-refractivity contribution in [3.63, 3.8) is 0 Å². The Balaban J connectivity index is 2.03. The van der Waals surface area contributed by atoms with Gasteiger partial charge in [0.2, 0.25) is 0 Å². The Bertz CT molecular complexity index is 654. The number of carbonyl (C=O) groups is 1. The molecule has 1 unspecified atom stereocenters. The zero-order valence-electron chi connectivity index (χ0n) is 11.4. The first kappa shape index (κ1) is 12.7. The third-order valence-electron chi connectivity index (χ3n) is 3.75. The van der Waals surface area contributed by atoms with Crippen LogP contribution in [0, 0.1) is 0 Å². The van der Waals surface area contributed by atoms with E-state index in [9.17, 15) is 4.79 Å². The molecule has 0 spiro atoms. The van der Waals surface area contributed by atoms with Crippen LogP contribution in [0.2, 0.25) is 0 Å². The standard InChI is InChI=1S/C16H17N3O/c1-11-6-7-12-4-2-3-5-15(12)19(11)16(20)14-10-13(17)8-9-18-14/h2-5,8-11H,6-7H2,1H3,(H2,17,18). The molecule has 1 aromatic heterocycles. The van der Waals surface area contributed by atoms with Crippen molar-refractivity contribution >= 4 is 17.3 Å². The van der Waals surface area contributed by atoms with Crippen LogP contribution in [0.25, 0.3) is 0 Å². The predicted molar refractivity (Wildman–Crippen MR) is 79.7 cm³/mol. The number of fused-ring (bicyclic) bond motifs is 1. The van der Waals surface area contributed by atoms with Crippen LogP contribution in [0.5, 0.6) is 0 Å². The smallest absolute Gasteiger partial charge is 0.277 e. The van der Waals surface area contributed by atoms with E-state index in [0.29, 0.717) is 11.4 Å². The molecule has 20 heavy (non-hydrogen) atoms. The summed E-state index contributed by atoms with van der Waals surface area (Å²) in [5.74, 6) is -0.0862. The van der Waals surface area contributed by atoms with Gasteiger partial charge in [0.1, 0.15) is 5.69 Å². The van der Waals surface area contributed by atoms with E-state index in [1.54, 1.807) is 18.3 Å². The lowest BCUT2D eigenvalue weighted by atomic mass is 9.96. The van der Waals surface area contributed by atoms with Gasteiger partial charge in [0.15, 0.2) is 0 Å². The first-order valence-electron chi connectivity index (χ1n) is 6.80. The lowest BCUT2D eigenvalue weighted by Gasteiger charge is -2.35. The molecule has 0 radical (unpaired) electrons. The topological polar surface area (TPSA) is 59.2 Å². The highest BCUT2D eigenvalue weighted by Crippen LogP contribution is 2.31. The molecule has 0 saturated heterocycles. The van der Waals surface area contributed by atoms with Gasteiger partial charge in [0.05, 0.1) is 0 Å². The lowest BCUT2D eigenvalue weighted by Crippen LogP contribution is -2.42. The first-order chi connectivity index (χ1) is 9.66. The maximum atomic E-state index is 12.7. The number of amides is 1. The van der Waals surface area contributed by atoms with Crippen molar-refractivity contribution < 1.29 is 4.79 Å². The molecule has 1 aliphatic heterocycles. The Hall–Kier alpha value is -2.36. The van der Waals surface area contributed by atoms with Gasteiger partial charge in [-0.25, -0.2) is 0 Å². The third-order valence-corrected chi connectivity index (χ3v) is 3.75. The Morgan fingerprint density at radius 1 is 1.35 bits per heavy atom. The highest BCUT2D eigenvalue weighted by molar-refractivity contribution is 6.06.